The third kappa shape index (κ3) is 3.07. The second kappa shape index (κ2) is 5.70. The molecule has 7 nitrogen and oxygen atoms in total. The van der Waals surface area contributed by atoms with Gasteiger partial charge < -0.3 is 5.73 Å². The molecule has 0 aliphatic heterocycles. The number of nitrogens with two attached hydrogens (primary N) is 1. The highest BCUT2D eigenvalue weighted by molar-refractivity contribution is 7.89. The molecule has 1 aromatic carbocycles. The van der Waals surface area contributed by atoms with Gasteiger partial charge in [0.25, 0.3) is 5.69 Å². The van der Waals surface area contributed by atoms with E-state index in [0.29, 0.717) is 5.56 Å². The Kier molecular flexibility index (Phi) is 4.31. The minimum atomic E-state index is -3.78. The van der Waals surface area contributed by atoms with E-state index in [4.69, 9.17) is 5.73 Å². The summed E-state index contributed by atoms with van der Waals surface area (Å²) in [5.74, 6) is 0.287. The minimum Gasteiger partial charge on any atom is -0.329 e. The van der Waals surface area contributed by atoms with E-state index >= 15 is 0 Å². The predicted octanol–water partition coefficient (Wildman–Crippen LogP) is 1.26. The second-order valence-corrected chi connectivity index (χ2v) is 7.36. The Morgan fingerprint density at radius 3 is 2.57 bits per heavy atom. The summed E-state index contributed by atoms with van der Waals surface area (Å²) in [4.78, 5) is 10.3. The fourth-order valence-corrected chi connectivity index (χ4v) is 3.86. The number of nitro benzene ring substituents is 1. The first kappa shape index (κ1) is 15.9. The highest BCUT2D eigenvalue weighted by Crippen LogP contribution is 2.36. The standard InChI is InChI=1S/C13H19N3O4S/c1-9-3-6-11(7-12(9)16(17)18)21(19,20)15(2)13(8-14)10-4-5-10/h3,6-7,10,13H,4-5,8,14H2,1-2H3. The number of rotatable bonds is 6. The molecule has 1 aromatic rings. The molecule has 1 saturated carbocycles. The molecule has 1 fully saturated rings. The van der Waals surface area contributed by atoms with Crippen molar-refractivity contribution in [3.63, 3.8) is 0 Å². The fourth-order valence-electron chi connectivity index (χ4n) is 2.41. The average molecular weight is 313 g/mol. The molecule has 0 saturated heterocycles. The predicted molar refractivity (Wildman–Crippen MR) is 78.3 cm³/mol. The zero-order valence-electron chi connectivity index (χ0n) is 12.0. The van der Waals surface area contributed by atoms with E-state index in [1.54, 1.807) is 6.92 Å². The Morgan fingerprint density at radius 1 is 1.48 bits per heavy atom. The Bertz CT molecular complexity index is 655. The van der Waals surface area contributed by atoms with E-state index in [2.05, 4.69) is 0 Å². The van der Waals surface area contributed by atoms with Gasteiger partial charge in [-0.05, 0) is 31.7 Å². The summed E-state index contributed by atoms with van der Waals surface area (Å²) in [6.45, 7) is 1.82. The number of hydrogen-bond donors (Lipinski definition) is 1. The molecule has 0 amide bonds. The van der Waals surface area contributed by atoms with E-state index in [-0.39, 0.29) is 29.1 Å². The van der Waals surface area contributed by atoms with Crippen molar-refractivity contribution in [2.45, 2.75) is 30.7 Å². The number of nitro groups is 1. The van der Waals surface area contributed by atoms with Crippen LogP contribution < -0.4 is 5.73 Å². The van der Waals surface area contributed by atoms with Crippen molar-refractivity contribution in [2.24, 2.45) is 11.7 Å². The Hall–Kier alpha value is -1.51. The highest BCUT2D eigenvalue weighted by Gasteiger charge is 2.38. The molecular formula is C13H19N3O4S. The lowest BCUT2D eigenvalue weighted by Gasteiger charge is -2.26. The van der Waals surface area contributed by atoms with Crippen molar-refractivity contribution in [3.05, 3.63) is 33.9 Å². The number of likely N-dealkylation sites (N-methyl/N-ethyl adjacent to an activating group) is 1. The summed E-state index contributed by atoms with van der Waals surface area (Å²) in [5, 5.41) is 11.0. The summed E-state index contributed by atoms with van der Waals surface area (Å²) in [6, 6.07) is 3.71. The molecule has 0 aromatic heterocycles. The number of aryl methyl sites for hydroxylation is 1. The van der Waals surface area contributed by atoms with Crippen molar-refractivity contribution in [3.8, 4) is 0 Å². The summed E-state index contributed by atoms with van der Waals surface area (Å²) >= 11 is 0. The summed E-state index contributed by atoms with van der Waals surface area (Å²) < 4.78 is 26.4. The SMILES string of the molecule is Cc1ccc(S(=O)(=O)N(C)C(CN)C2CC2)cc1[N+](=O)[O-]. The number of nitrogens with zero attached hydrogens (tertiary/aromatic N) is 2. The quantitative estimate of drug-likeness (QED) is 0.628. The van der Waals surface area contributed by atoms with Gasteiger partial charge in [0, 0.05) is 31.3 Å². The van der Waals surface area contributed by atoms with E-state index in [0.717, 1.165) is 18.9 Å². The third-order valence-corrected chi connectivity index (χ3v) is 5.81. The van der Waals surface area contributed by atoms with Gasteiger partial charge in [0.15, 0.2) is 0 Å². The molecule has 1 atom stereocenters. The van der Waals surface area contributed by atoms with Gasteiger partial charge in [0.2, 0.25) is 10.0 Å². The summed E-state index contributed by atoms with van der Waals surface area (Å²) in [5.41, 5.74) is 5.91. The minimum absolute atomic E-state index is 0.0681. The molecule has 1 aliphatic rings. The van der Waals surface area contributed by atoms with Gasteiger partial charge in [0.1, 0.15) is 0 Å². The normalized spacial score (nSPS) is 17.0. The van der Waals surface area contributed by atoms with Gasteiger partial charge in [0.05, 0.1) is 9.82 Å². The lowest BCUT2D eigenvalue weighted by atomic mass is 10.2. The molecule has 8 heteroatoms. The topological polar surface area (TPSA) is 107 Å². The smallest absolute Gasteiger partial charge is 0.273 e. The molecule has 0 spiro atoms. The lowest BCUT2D eigenvalue weighted by Crippen LogP contribution is -2.43. The zero-order valence-corrected chi connectivity index (χ0v) is 12.8. The molecule has 116 valence electrons. The van der Waals surface area contributed by atoms with Crippen LogP contribution in [0.4, 0.5) is 5.69 Å². The largest absolute Gasteiger partial charge is 0.329 e. The van der Waals surface area contributed by atoms with Crippen LogP contribution in [-0.4, -0.2) is 37.3 Å². The first-order valence-corrected chi connectivity index (χ1v) is 8.16. The average Bonchev–Trinajstić information content (AvgIpc) is 3.24. The van der Waals surface area contributed by atoms with Crippen molar-refractivity contribution >= 4 is 15.7 Å². The molecular weight excluding hydrogens is 294 g/mol. The monoisotopic (exact) mass is 313 g/mol. The summed E-state index contributed by atoms with van der Waals surface area (Å²) in [6.07, 6.45) is 1.94. The molecule has 2 N–H and O–H groups in total. The van der Waals surface area contributed by atoms with E-state index < -0.39 is 14.9 Å². The van der Waals surface area contributed by atoms with Crippen LogP contribution in [0, 0.1) is 23.0 Å². The Balaban J connectivity index is 2.39. The lowest BCUT2D eigenvalue weighted by molar-refractivity contribution is -0.385. The molecule has 1 unspecified atom stereocenters. The number of benzene rings is 1. The Labute approximate surface area is 123 Å². The van der Waals surface area contributed by atoms with Gasteiger partial charge >= 0.3 is 0 Å². The summed E-state index contributed by atoms with van der Waals surface area (Å²) in [7, 11) is -2.30. The Morgan fingerprint density at radius 2 is 2.10 bits per heavy atom. The van der Waals surface area contributed by atoms with Gasteiger partial charge in [-0.2, -0.15) is 4.31 Å². The zero-order chi connectivity index (χ0) is 15.8. The van der Waals surface area contributed by atoms with Crippen molar-refractivity contribution in [1.29, 1.82) is 0 Å². The van der Waals surface area contributed by atoms with Crippen LogP contribution in [0.5, 0.6) is 0 Å². The van der Waals surface area contributed by atoms with Crippen molar-refractivity contribution in [2.75, 3.05) is 13.6 Å². The maximum absolute atomic E-state index is 12.6. The van der Waals surface area contributed by atoms with E-state index in [9.17, 15) is 18.5 Å². The second-order valence-electron chi connectivity index (χ2n) is 5.37. The van der Waals surface area contributed by atoms with Crippen LogP contribution >= 0.6 is 0 Å². The maximum Gasteiger partial charge on any atom is 0.273 e. The van der Waals surface area contributed by atoms with Crippen molar-refractivity contribution in [1.82, 2.24) is 4.31 Å². The molecule has 0 radical (unpaired) electrons. The fraction of sp³-hybridized carbons (Fsp3) is 0.538. The highest BCUT2D eigenvalue weighted by atomic mass is 32.2. The van der Waals surface area contributed by atoms with E-state index in [1.165, 1.54) is 23.5 Å². The van der Waals surface area contributed by atoms with Crippen molar-refractivity contribution < 1.29 is 13.3 Å². The number of hydrogen-bond acceptors (Lipinski definition) is 5. The molecule has 21 heavy (non-hydrogen) atoms. The van der Waals surface area contributed by atoms with E-state index in [1.807, 2.05) is 0 Å². The van der Waals surface area contributed by atoms with Gasteiger partial charge in [-0.3, -0.25) is 10.1 Å². The van der Waals surface area contributed by atoms with Crippen LogP contribution in [0.3, 0.4) is 0 Å². The molecule has 0 heterocycles. The molecule has 0 bridgehead atoms. The maximum atomic E-state index is 12.6. The van der Waals surface area contributed by atoms with Crippen LogP contribution in [0.15, 0.2) is 23.1 Å². The first-order valence-electron chi connectivity index (χ1n) is 6.72. The molecule has 2 rings (SSSR count). The van der Waals surface area contributed by atoms with Gasteiger partial charge in [-0.1, -0.05) is 6.07 Å². The van der Waals surface area contributed by atoms with Crippen LogP contribution in [0.1, 0.15) is 18.4 Å². The number of sulfonamides is 1. The van der Waals surface area contributed by atoms with Crippen LogP contribution in [0.25, 0.3) is 0 Å². The van der Waals surface area contributed by atoms with Crippen LogP contribution in [-0.2, 0) is 10.0 Å². The van der Waals surface area contributed by atoms with Crippen LogP contribution in [0.2, 0.25) is 0 Å². The van der Waals surface area contributed by atoms with Gasteiger partial charge in [-0.15, -0.1) is 0 Å². The third-order valence-electron chi connectivity index (χ3n) is 3.93. The van der Waals surface area contributed by atoms with Gasteiger partial charge in [-0.25, -0.2) is 8.42 Å². The first-order chi connectivity index (χ1) is 9.78. The molecule has 1 aliphatic carbocycles.